The third-order valence-electron chi connectivity index (χ3n) is 4.62. The molecule has 0 aliphatic heterocycles. The van der Waals surface area contributed by atoms with E-state index in [9.17, 15) is 0 Å². The van der Waals surface area contributed by atoms with Gasteiger partial charge in [-0.3, -0.25) is 4.40 Å². The van der Waals surface area contributed by atoms with Crippen molar-refractivity contribution in [3.63, 3.8) is 0 Å². The lowest BCUT2D eigenvalue weighted by molar-refractivity contribution is 0.191. The molecule has 0 saturated heterocycles. The van der Waals surface area contributed by atoms with E-state index in [1.165, 1.54) is 45.1 Å². The summed E-state index contributed by atoms with van der Waals surface area (Å²) in [5.41, 5.74) is 0.999. The third kappa shape index (κ3) is 3.56. The summed E-state index contributed by atoms with van der Waals surface area (Å²) in [6.45, 7) is 2.19. The van der Waals surface area contributed by atoms with Gasteiger partial charge in [-0.2, -0.15) is 0 Å². The van der Waals surface area contributed by atoms with Gasteiger partial charge in [0.25, 0.3) is 0 Å². The molecule has 3 rings (SSSR count). The Kier molecular flexibility index (Phi) is 4.76. The standard InChI is InChI=1S/C17H26N4/c1-20(15-7-3-2-4-8-15)13-6-11-18-16-9-5-10-17-19-12-14-21(16)17/h5,9-10,12,14-15,18H,2-4,6-8,11,13H2,1H3. The van der Waals surface area contributed by atoms with Crippen LogP contribution in [-0.2, 0) is 0 Å². The van der Waals surface area contributed by atoms with Crippen LogP contribution in [0.5, 0.6) is 0 Å². The van der Waals surface area contributed by atoms with Crippen LogP contribution in [0.2, 0.25) is 0 Å². The van der Waals surface area contributed by atoms with Crippen molar-refractivity contribution < 1.29 is 0 Å². The molecule has 4 heteroatoms. The highest BCUT2D eigenvalue weighted by atomic mass is 15.1. The van der Waals surface area contributed by atoms with E-state index in [1.54, 1.807) is 0 Å². The van der Waals surface area contributed by atoms with Crippen LogP contribution in [-0.4, -0.2) is 40.5 Å². The lowest BCUT2D eigenvalue weighted by atomic mass is 9.94. The van der Waals surface area contributed by atoms with Crippen LogP contribution in [0.15, 0.2) is 30.6 Å². The van der Waals surface area contributed by atoms with Gasteiger partial charge in [0.2, 0.25) is 0 Å². The SMILES string of the molecule is CN(CCCNc1cccc2nccn12)C1CCCCC1. The molecular formula is C17H26N4. The number of rotatable bonds is 6. The second kappa shape index (κ2) is 6.94. The van der Waals surface area contributed by atoms with Gasteiger partial charge in [0, 0.05) is 25.0 Å². The Labute approximate surface area is 127 Å². The molecule has 0 radical (unpaired) electrons. The van der Waals surface area contributed by atoms with Gasteiger partial charge in [-0.15, -0.1) is 0 Å². The molecule has 114 valence electrons. The van der Waals surface area contributed by atoms with Crippen LogP contribution < -0.4 is 5.32 Å². The zero-order valence-electron chi connectivity index (χ0n) is 13.0. The average molecular weight is 286 g/mol. The maximum absolute atomic E-state index is 4.31. The average Bonchev–Trinajstić information content (AvgIpc) is 3.01. The second-order valence-electron chi connectivity index (χ2n) is 6.12. The minimum atomic E-state index is 0.816. The van der Waals surface area contributed by atoms with E-state index in [1.807, 2.05) is 18.5 Å². The molecular weight excluding hydrogens is 260 g/mol. The number of nitrogens with one attached hydrogen (secondary N) is 1. The van der Waals surface area contributed by atoms with Crippen molar-refractivity contribution in [1.29, 1.82) is 0 Å². The zero-order chi connectivity index (χ0) is 14.5. The molecule has 0 unspecified atom stereocenters. The summed E-state index contributed by atoms with van der Waals surface area (Å²) in [6, 6.07) is 7.01. The highest BCUT2D eigenvalue weighted by Crippen LogP contribution is 2.21. The van der Waals surface area contributed by atoms with Crippen molar-refractivity contribution in [3.05, 3.63) is 30.6 Å². The molecule has 1 fully saturated rings. The fourth-order valence-electron chi connectivity index (χ4n) is 3.34. The van der Waals surface area contributed by atoms with E-state index in [2.05, 4.69) is 38.8 Å². The van der Waals surface area contributed by atoms with Crippen LogP contribution in [0.3, 0.4) is 0 Å². The molecule has 2 heterocycles. The van der Waals surface area contributed by atoms with Crippen molar-refractivity contribution in [2.45, 2.75) is 44.6 Å². The van der Waals surface area contributed by atoms with Crippen molar-refractivity contribution in [2.75, 3.05) is 25.5 Å². The molecule has 1 aliphatic carbocycles. The number of nitrogens with zero attached hydrogens (tertiary/aromatic N) is 3. The molecule has 1 N–H and O–H groups in total. The molecule has 1 saturated carbocycles. The number of anilines is 1. The predicted molar refractivity (Wildman–Crippen MR) is 87.8 cm³/mol. The number of fused-ring (bicyclic) bond motifs is 1. The first-order valence-corrected chi connectivity index (χ1v) is 8.21. The summed E-state index contributed by atoms with van der Waals surface area (Å²) in [7, 11) is 2.28. The Morgan fingerprint density at radius 3 is 3.00 bits per heavy atom. The summed E-state index contributed by atoms with van der Waals surface area (Å²) < 4.78 is 2.10. The Morgan fingerprint density at radius 1 is 1.29 bits per heavy atom. The van der Waals surface area contributed by atoms with Crippen molar-refractivity contribution in [3.8, 4) is 0 Å². The highest BCUT2D eigenvalue weighted by molar-refractivity contribution is 5.49. The lowest BCUT2D eigenvalue weighted by Gasteiger charge is -2.31. The van der Waals surface area contributed by atoms with Gasteiger partial charge in [-0.25, -0.2) is 4.98 Å². The minimum Gasteiger partial charge on any atom is -0.371 e. The van der Waals surface area contributed by atoms with E-state index < -0.39 is 0 Å². The summed E-state index contributed by atoms with van der Waals surface area (Å²) in [5, 5.41) is 3.53. The van der Waals surface area contributed by atoms with Crippen molar-refractivity contribution >= 4 is 11.5 Å². The number of pyridine rings is 1. The van der Waals surface area contributed by atoms with E-state index in [4.69, 9.17) is 0 Å². The molecule has 0 amide bonds. The number of aromatic nitrogens is 2. The van der Waals surface area contributed by atoms with E-state index in [0.29, 0.717) is 0 Å². The summed E-state index contributed by atoms with van der Waals surface area (Å²) in [4.78, 5) is 6.87. The molecule has 0 atom stereocenters. The van der Waals surface area contributed by atoms with Gasteiger partial charge in [-0.1, -0.05) is 25.3 Å². The summed E-state index contributed by atoms with van der Waals surface area (Å²) in [6.07, 6.45) is 12.1. The zero-order valence-corrected chi connectivity index (χ0v) is 13.0. The Balaban J connectivity index is 1.44. The van der Waals surface area contributed by atoms with Gasteiger partial charge in [0.15, 0.2) is 0 Å². The summed E-state index contributed by atoms with van der Waals surface area (Å²) in [5.74, 6) is 1.13. The molecule has 0 spiro atoms. The van der Waals surface area contributed by atoms with E-state index >= 15 is 0 Å². The van der Waals surface area contributed by atoms with Crippen LogP contribution in [0.25, 0.3) is 5.65 Å². The normalized spacial score (nSPS) is 16.7. The van der Waals surface area contributed by atoms with Gasteiger partial charge < -0.3 is 10.2 Å². The molecule has 0 aromatic carbocycles. The molecule has 1 aliphatic rings. The largest absolute Gasteiger partial charge is 0.371 e. The summed E-state index contributed by atoms with van der Waals surface area (Å²) >= 11 is 0. The second-order valence-corrected chi connectivity index (χ2v) is 6.12. The smallest absolute Gasteiger partial charge is 0.138 e. The Hall–Kier alpha value is -1.55. The van der Waals surface area contributed by atoms with E-state index in [0.717, 1.165) is 24.1 Å². The van der Waals surface area contributed by atoms with Crippen LogP contribution in [0.1, 0.15) is 38.5 Å². The van der Waals surface area contributed by atoms with Crippen LogP contribution >= 0.6 is 0 Å². The third-order valence-corrected chi connectivity index (χ3v) is 4.62. The fraction of sp³-hybridized carbons (Fsp3) is 0.588. The fourth-order valence-corrected chi connectivity index (χ4v) is 3.34. The lowest BCUT2D eigenvalue weighted by Crippen LogP contribution is -2.34. The van der Waals surface area contributed by atoms with E-state index in [-0.39, 0.29) is 0 Å². The molecule has 21 heavy (non-hydrogen) atoms. The number of hydrogen-bond acceptors (Lipinski definition) is 3. The maximum atomic E-state index is 4.31. The molecule has 2 aromatic rings. The predicted octanol–water partition coefficient (Wildman–Crippen LogP) is 3.40. The molecule has 2 aromatic heterocycles. The highest BCUT2D eigenvalue weighted by Gasteiger charge is 2.17. The quantitative estimate of drug-likeness (QED) is 0.826. The number of hydrogen-bond donors (Lipinski definition) is 1. The maximum Gasteiger partial charge on any atom is 0.138 e. The van der Waals surface area contributed by atoms with Gasteiger partial charge in [0.05, 0.1) is 0 Å². The first-order chi connectivity index (χ1) is 10.3. The van der Waals surface area contributed by atoms with Gasteiger partial charge >= 0.3 is 0 Å². The van der Waals surface area contributed by atoms with Crippen LogP contribution in [0, 0.1) is 0 Å². The molecule has 4 nitrogen and oxygen atoms in total. The van der Waals surface area contributed by atoms with Gasteiger partial charge in [0.1, 0.15) is 11.5 Å². The first-order valence-electron chi connectivity index (χ1n) is 8.21. The topological polar surface area (TPSA) is 32.6 Å². The Bertz CT molecular complexity index is 557. The Morgan fingerprint density at radius 2 is 2.14 bits per heavy atom. The number of imidazole rings is 1. The monoisotopic (exact) mass is 286 g/mol. The van der Waals surface area contributed by atoms with Crippen molar-refractivity contribution in [2.24, 2.45) is 0 Å². The molecule has 0 bridgehead atoms. The van der Waals surface area contributed by atoms with Gasteiger partial charge in [-0.05, 0) is 45.0 Å². The van der Waals surface area contributed by atoms with Crippen LogP contribution in [0.4, 0.5) is 5.82 Å². The van der Waals surface area contributed by atoms with Crippen molar-refractivity contribution in [1.82, 2.24) is 14.3 Å². The first kappa shape index (κ1) is 14.4. The minimum absolute atomic E-state index is 0.816.